The number of anilines is 2. The molecule has 4 aromatic rings. The number of nitrogens with one attached hydrogen (secondary N) is 4. The third-order valence-electron chi connectivity index (χ3n) is 9.73. The Bertz CT molecular complexity index is 2020. The molecule has 4 N–H and O–H groups in total. The number of alkyl carbamates (subject to hydrolysis) is 1. The number of rotatable bonds is 16. The molecule has 0 bridgehead atoms. The van der Waals surface area contributed by atoms with Gasteiger partial charge in [0.15, 0.2) is 0 Å². The molecule has 0 aromatic heterocycles. The zero-order valence-corrected chi connectivity index (χ0v) is 32.4. The summed E-state index contributed by atoms with van der Waals surface area (Å²) in [6.45, 7) is 4.50. The number of urea groups is 1. The van der Waals surface area contributed by atoms with Crippen molar-refractivity contribution in [3.63, 3.8) is 0 Å². The smallest absolute Gasteiger partial charge is 0.407 e. The van der Waals surface area contributed by atoms with Crippen molar-refractivity contribution in [1.82, 2.24) is 20.9 Å². The molecule has 57 heavy (non-hydrogen) atoms. The van der Waals surface area contributed by atoms with Crippen LogP contribution in [-0.4, -0.2) is 80.5 Å². The van der Waals surface area contributed by atoms with Crippen molar-refractivity contribution in [2.45, 2.75) is 57.8 Å². The molecule has 1 saturated heterocycles. The van der Waals surface area contributed by atoms with Gasteiger partial charge in [-0.25, -0.2) is 14.6 Å². The van der Waals surface area contributed by atoms with Crippen LogP contribution in [0.25, 0.3) is 0 Å². The minimum Gasteiger partial charge on any atom is -0.494 e. The maximum Gasteiger partial charge on any atom is 0.407 e. The number of benzene rings is 4. The van der Waals surface area contributed by atoms with E-state index in [1.807, 2.05) is 66.7 Å². The van der Waals surface area contributed by atoms with E-state index >= 15 is 0 Å². The number of likely N-dealkylation sites (tertiary alicyclic amines) is 1. The van der Waals surface area contributed by atoms with Gasteiger partial charge in [0, 0.05) is 49.9 Å². The van der Waals surface area contributed by atoms with E-state index in [1.165, 1.54) is 29.7 Å². The molecule has 13 nitrogen and oxygen atoms in total. The van der Waals surface area contributed by atoms with Crippen molar-refractivity contribution in [3.8, 4) is 5.75 Å². The number of carbonyl (C=O) groups excluding carboxylic acids is 4. The maximum absolute atomic E-state index is 13.5. The van der Waals surface area contributed by atoms with Crippen LogP contribution in [0.2, 0.25) is 0 Å². The quantitative estimate of drug-likeness (QED) is 0.0986. The normalized spacial score (nSPS) is 15.4. The van der Waals surface area contributed by atoms with E-state index in [0.29, 0.717) is 48.6 Å². The second-order valence-electron chi connectivity index (χ2n) is 14.1. The highest BCUT2D eigenvalue weighted by atomic mass is 16.5. The average molecular weight is 774 g/mol. The predicted octanol–water partition coefficient (Wildman–Crippen LogP) is 6.23. The summed E-state index contributed by atoms with van der Waals surface area (Å²) in [5.74, 6) is 0.364. The van der Waals surface area contributed by atoms with E-state index in [1.54, 1.807) is 31.3 Å². The number of hydrogen-bond acceptors (Lipinski definition) is 8. The number of para-hydroxylation sites is 1. The minimum absolute atomic E-state index is 0.0385. The van der Waals surface area contributed by atoms with Gasteiger partial charge in [0.25, 0.3) is 5.91 Å². The Labute approximate surface area is 333 Å². The Morgan fingerprint density at radius 1 is 0.807 bits per heavy atom. The Kier molecular flexibility index (Phi) is 14.6. The molecule has 2 heterocycles. The Hall–Kier alpha value is -6.21. The summed E-state index contributed by atoms with van der Waals surface area (Å²) in [7, 11) is 1.66. The molecule has 298 valence electrons. The number of likely N-dealkylation sites (N-methyl/N-ethyl adjacent to an activating group) is 1. The van der Waals surface area contributed by atoms with Gasteiger partial charge >= 0.3 is 12.1 Å². The Morgan fingerprint density at radius 3 is 2.40 bits per heavy atom. The molecule has 1 fully saturated rings. The molecule has 0 spiro atoms. The van der Waals surface area contributed by atoms with Gasteiger partial charge < -0.3 is 35.6 Å². The van der Waals surface area contributed by atoms with Crippen LogP contribution >= 0.6 is 0 Å². The van der Waals surface area contributed by atoms with Crippen molar-refractivity contribution in [2.24, 2.45) is 4.99 Å². The highest BCUT2D eigenvalue weighted by Gasteiger charge is 2.31. The fourth-order valence-electron chi connectivity index (χ4n) is 6.80. The molecular formula is C44H51N7O6. The first-order valence-electron chi connectivity index (χ1n) is 19.6. The number of fused-ring (bicyclic) bond motifs is 1. The van der Waals surface area contributed by atoms with Gasteiger partial charge in [-0.1, -0.05) is 79.2 Å². The van der Waals surface area contributed by atoms with E-state index in [0.717, 1.165) is 36.5 Å². The number of aliphatic imine (C=N–C) groups is 1. The van der Waals surface area contributed by atoms with Gasteiger partial charge in [0.1, 0.15) is 12.4 Å². The first-order chi connectivity index (χ1) is 27.8. The fourth-order valence-corrected chi connectivity index (χ4v) is 6.80. The molecular weight excluding hydrogens is 723 g/mol. The molecule has 5 amide bonds. The van der Waals surface area contributed by atoms with Gasteiger partial charge in [-0.15, -0.1) is 0 Å². The zero-order valence-electron chi connectivity index (χ0n) is 32.4. The lowest BCUT2D eigenvalue weighted by Gasteiger charge is -2.26. The SMILES string of the molecule is CN1C(=O)[C@H](NC(=O)Nc2cccc(COC(=O)NCCCC(=O)NCCCOc3cccc(CN4CCCCC4)c3)c2)N=C(c2ccccc2)c2ccccc21. The van der Waals surface area contributed by atoms with Gasteiger partial charge in [-0.3, -0.25) is 14.5 Å². The van der Waals surface area contributed by atoms with E-state index in [4.69, 9.17) is 14.5 Å². The van der Waals surface area contributed by atoms with Gasteiger partial charge in [-0.05, 0) is 80.2 Å². The molecule has 0 saturated carbocycles. The van der Waals surface area contributed by atoms with Crippen LogP contribution in [0, 0.1) is 0 Å². The second kappa shape index (κ2) is 20.6. The molecule has 4 aromatic carbocycles. The first kappa shape index (κ1) is 40.5. The van der Waals surface area contributed by atoms with Crippen LogP contribution in [0.5, 0.6) is 5.75 Å². The standard InChI is InChI=1S/C44H51N7O6/c1-50-38-21-7-6-20-37(38)40(34-16-4-2-5-17-34)48-41(42(50)53)49-43(54)47-35-18-10-15-33(28-35)31-57-44(55)46-23-12-22-39(52)45-24-13-27-56-36-19-11-14-32(29-36)30-51-25-8-3-9-26-51/h2,4-7,10-11,14-21,28-29,41H,3,8-9,12-13,22-27,30-31H2,1H3,(H,45,52)(H,46,55)(H2,47,49,54)/t41-/m0/s1. The summed E-state index contributed by atoms with van der Waals surface area (Å²) < 4.78 is 11.3. The summed E-state index contributed by atoms with van der Waals surface area (Å²) in [6, 6.07) is 31.4. The summed E-state index contributed by atoms with van der Waals surface area (Å²) in [5.41, 5.74) is 5.20. The first-order valence-corrected chi connectivity index (χ1v) is 19.6. The number of carbonyl (C=O) groups is 4. The van der Waals surface area contributed by atoms with Gasteiger partial charge in [0.05, 0.1) is 18.0 Å². The van der Waals surface area contributed by atoms with Gasteiger partial charge in [-0.2, -0.15) is 0 Å². The average Bonchev–Trinajstić information content (AvgIpc) is 3.33. The lowest BCUT2D eigenvalue weighted by Crippen LogP contribution is -2.47. The molecule has 13 heteroatoms. The summed E-state index contributed by atoms with van der Waals surface area (Å²) in [5, 5.41) is 11.0. The molecule has 2 aliphatic heterocycles. The van der Waals surface area contributed by atoms with Crippen molar-refractivity contribution in [2.75, 3.05) is 50.1 Å². The lowest BCUT2D eigenvalue weighted by molar-refractivity contribution is -0.121. The topological polar surface area (TPSA) is 154 Å². The number of hydrogen-bond donors (Lipinski definition) is 4. The number of benzodiazepines with no additional fused rings is 1. The van der Waals surface area contributed by atoms with Crippen LogP contribution in [-0.2, 0) is 27.5 Å². The van der Waals surface area contributed by atoms with Crippen LogP contribution in [0.4, 0.5) is 21.0 Å². The third-order valence-corrected chi connectivity index (χ3v) is 9.73. The largest absolute Gasteiger partial charge is 0.494 e. The molecule has 2 aliphatic rings. The van der Waals surface area contributed by atoms with Crippen molar-refractivity contribution in [1.29, 1.82) is 0 Å². The van der Waals surface area contributed by atoms with Crippen molar-refractivity contribution in [3.05, 3.63) is 125 Å². The van der Waals surface area contributed by atoms with Crippen LogP contribution < -0.4 is 30.9 Å². The number of ether oxygens (including phenoxy) is 2. The van der Waals surface area contributed by atoms with Crippen LogP contribution in [0.15, 0.2) is 108 Å². The third kappa shape index (κ3) is 12.1. The molecule has 6 rings (SSSR count). The Morgan fingerprint density at radius 2 is 1.56 bits per heavy atom. The highest BCUT2D eigenvalue weighted by Crippen LogP contribution is 2.27. The monoisotopic (exact) mass is 773 g/mol. The molecule has 0 unspecified atom stereocenters. The molecule has 0 radical (unpaired) electrons. The fraction of sp³-hybridized carbons (Fsp3) is 0.341. The summed E-state index contributed by atoms with van der Waals surface area (Å²) in [4.78, 5) is 59.9. The van der Waals surface area contributed by atoms with Crippen LogP contribution in [0.1, 0.15) is 60.8 Å². The lowest BCUT2D eigenvalue weighted by atomic mass is 10.0. The van der Waals surface area contributed by atoms with E-state index < -0.39 is 24.2 Å². The second-order valence-corrected chi connectivity index (χ2v) is 14.1. The van der Waals surface area contributed by atoms with Crippen molar-refractivity contribution >= 4 is 41.0 Å². The molecule has 1 atom stereocenters. The number of piperidine rings is 1. The number of amides is 5. The zero-order chi connectivity index (χ0) is 39.8. The Balaban J connectivity index is 0.869. The van der Waals surface area contributed by atoms with Crippen molar-refractivity contribution < 1.29 is 28.7 Å². The summed E-state index contributed by atoms with van der Waals surface area (Å²) in [6.07, 6.45) is 3.46. The number of nitrogens with zero attached hydrogens (tertiary/aromatic N) is 3. The highest BCUT2D eigenvalue weighted by molar-refractivity contribution is 6.20. The van der Waals surface area contributed by atoms with Gasteiger partial charge in [0.2, 0.25) is 12.1 Å². The maximum atomic E-state index is 13.5. The van der Waals surface area contributed by atoms with E-state index in [2.05, 4.69) is 38.3 Å². The van der Waals surface area contributed by atoms with Crippen LogP contribution in [0.3, 0.4) is 0 Å². The van der Waals surface area contributed by atoms with E-state index in [9.17, 15) is 19.2 Å². The summed E-state index contributed by atoms with van der Waals surface area (Å²) >= 11 is 0. The predicted molar refractivity (Wildman–Crippen MR) is 220 cm³/mol. The van der Waals surface area contributed by atoms with E-state index in [-0.39, 0.29) is 25.5 Å². The minimum atomic E-state index is -1.18. The molecule has 0 aliphatic carbocycles.